The molecule has 0 amide bonds. The van der Waals surface area contributed by atoms with Crippen LogP contribution >= 0.6 is 0 Å². The largest absolute Gasteiger partial charge is 0.298 e. The van der Waals surface area contributed by atoms with Crippen molar-refractivity contribution in [2.24, 2.45) is 0 Å². The highest BCUT2D eigenvalue weighted by atomic mass is 19.1. The van der Waals surface area contributed by atoms with Crippen molar-refractivity contribution < 1.29 is 9.18 Å². The summed E-state index contributed by atoms with van der Waals surface area (Å²) in [7, 11) is 0. The molecule has 2 nitrogen and oxygen atoms in total. The molecule has 3 rings (SSSR count). The van der Waals surface area contributed by atoms with E-state index in [0.29, 0.717) is 5.56 Å². The number of aromatic nitrogens is 1. The van der Waals surface area contributed by atoms with Gasteiger partial charge in [0.05, 0.1) is 11.4 Å². The van der Waals surface area contributed by atoms with Crippen LogP contribution in [0, 0.1) is 5.82 Å². The van der Waals surface area contributed by atoms with Gasteiger partial charge in [-0.05, 0) is 29.3 Å². The van der Waals surface area contributed by atoms with Crippen LogP contribution in [0.5, 0.6) is 0 Å². The molecule has 0 aliphatic heterocycles. The molecular formula is C22H20FNO. The highest BCUT2D eigenvalue weighted by molar-refractivity contribution is 5.91. The Morgan fingerprint density at radius 3 is 2.12 bits per heavy atom. The topological polar surface area (TPSA) is 30.0 Å². The number of hydrogen-bond acceptors (Lipinski definition) is 2. The van der Waals surface area contributed by atoms with Crippen LogP contribution in [0.15, 0.2) is 60.7 Å². The standard InChI is InChI=1S/C22H20FNO/c1-22(2,3)21-19(14-25)18(15-9-11-17(23)12-10-15)13-20(24-21)16-7-5-4-6-8-16/h4-14H,1-3H3. The third-order valence-electron chi connectivity index (χ3n) is 4.11. The Bertz CT molecular complexity index is 894. The van der Waals surface area contributed by atoms with Crippen molar-refractivity contribution in [3.8, 4) is 22.4 Å². The van der Waals surface area contributed by atoms with E-state index in [-0.39, 0.29) is 11.2 Å². The van der Waals surface area contributed by atoms with Gasteiger partial charge in [0.2, 0.25) is 0 Å². The van der Waals surface area contributed by atoms with Gasteiger partial charge in [-0.1, -0.05) is 63.2 Å². The molecule has 0 spiro atoms. The fraction of sp³-hybridized carbons (Fsp3) is 0.182. The van der Waals surface area contributed by atoms with Gasteiger partial charge in [0.15, 0.2) is 6.29 Å². The van der Waals surface area contributed by atoms with Gasteiger partial charge in [0, 0.05) is 16.5 Å². The monoisotopic (exact) mass is 333 g/mol. The molecule has 0 N–H and O–H groups in total. The molecule has 126 valence electrons. The van der Waals surface area contributed by atoms with Gasteiger partial charge in [0.25, 0.3) is 0 Å². The average molecular weight is 333 g/mol. The van der Waals surface area contributed by atoms with Gasteiger partial charge in [-0.25, -0.2) is 4.39 Å². The number of nitrogens with zero attached hydrogens (tertiary/aromatic N) is 1. The minimum absolute atomic E-state index is 0.296. The lowest BCUT2D eigenvalue weighted by atomic mass is 9.85. The molecule has 0 bridgehead atoms. The minimum Gasteiger partial charge on any atom is -0.298 e. The van der Waals surface area contributed by atoms with Crippen LogP contribution in [0.25, 0.3) is 22.4 Å². The van der Waals surface area contributed by atoms with Gasteiger partial charge < -0.3 is 0 Å². The van der Waals surface area contributed by atoms with Crippen molar-refractivity contribution >= 4 is 6.29 Å². The summed E-state index contributed by atoms with van der Waals surface area (Å²) in [4.78, 5) is 16.7. The van der Waals surface area contributed by atoms with E-state index < -0.39 is 0 Å². The SMILES string of the molecule is CC(C)(C)c1nc(-c2ccccc2)cc(-c2ccc(F)cc2)c1C=O. The number of pyridine rings is 1. The number of carbonyl (C=O) groups excluding carboxylic acids is 1. The predicted octanol–water partition coefficient (Wildman–Crippen LogP) is 5.66. The zero-order chi connectivity index (χ0) is 18.0. The molecule has 0 aliphatic rings. The van der Waals surface area contributed by atoms with E-state index in [4.69, 9.17) is 4.98 Å². The molecule has 0 radical (unpaired) electrons. The Hall–Kier alpha value is -2.81. The summed E-state index contributed by atoms with van der Waals surface area (Å²) in [5.74, 6) is -0.301. The second-order valence-corrected chi connectivity index (χ2v) is 7.06. The zero-order valence-electron chi connectivity index (χ0n) is 14.6. The first-order chi connectivity index (χ1) is 11.9. The van der Waals surface area contributed by atoms with Crippen LogP contribution < -0.4 is 0 Å². The Balaban J connectivity index is 2.32. The molecular weight excluding hydrogens is 313 g/mol. The summed E-state index contributed by atoms with van der Waals surface area (Å²) in [6.45, 7) is 6.10. The molecule has 0 atom stereocenters. The maximum absolute atomic E-state index is 13.3. The molecule has 3 heteroatoms. The summed E-state index contributed by atoms with van der Waals surface area (Å²) in [6.07, 6.45) is 0.848. The highest BCUT2D eigenvalue weighted by Crippen LogP contribution is 2.34. The van der Waals surface area contributed by atoms with E-state index in [0.717, 1.165) is 34.4 Å². The van der Waals surface area contributed by atoms with Crippen LogP contribution in [0.2, 0.25) is 0 Å². The van der Waals surface area contributed by atoms with E-state index in [1.165, 1.54) is 12.1 Å². The van der Waals surface area contributed by atoms with E-state index in [2.05, 4.69) is 0 Å². The maximum Gasteiger partial charge on any atom is 0.152 e. The van der Waals surface area contributed by atoms with Gasteiger partial charge in [-0.2, -0.15) is 0 Å². The molecule has 1 aromatic heterocycles. The third kappa shape index (κ3) is 3.50. The maximum atomic E-state index is 13.3. The number of benzene rings is 2. The molecule has 0 saturated heterocycles. The molecule has 0 aliphatic carbocycles. The number of carbonyl (C=O) groups is 1. The van der Waals surface area contributed by atoms with Crippen molar-refractivity contribution in [1.29, 1.82) is 0 Å². The van der Waals surface area contributed by atoms with Gasteiger partial charge >= 0.3 is 0 Å². The Morgan fingerprint density at radius 1 is 0.920 bits per heavy atom. The summed E-state index contributed by atoms with van der Waals surface area (Å²) in [6, 6.07) is 18.0. The first-order valence-electron chi connectivity index (χ1n) is 8.22. The number of halogens is 1. The number of hydrogen-bond donors (Lipinski definition) is 0. The first kappa shape index (κ1) is 17.0. The Morgan fingerprint density at radius 2 is 1.56 bits per heavy atom. The fourth-order valence-corrected chi connectivity index (χ4v) is 2.87. The smallest absolute Gasteiger partial charge is 0.152 e. The van der Waals surface area contributed by atoms with Crippen LogP contribution in [-0.4, -0.2) is 11.3 Å². The quantitative estimate of drug-likeness (QED) is 0.578. The van der Waals surface area contributed by atoms with Crippen molar-refractivity contribution in [3.63, 3.8) is 0 Å². The summed E-state index contributed by atoms with van der Waals surface area (Å²) in [5.41, 5.74) is 4.35. The van der Waals surface area contributed by atoms with Crippen molar-refractivity contribution in [3.05, 3.63) is 77.7 Å². The molecule has 25 heavy (non-hydrogen) atoms. The van der Waals surface area contributed by atoms with Crippen LogP contribution in [0.1, 0.15) is 36.8 Å². The summed E-state index contributed by atoms with van der Waals surface area (Å²) < 4.78 is 13.3. The lowest BCUT2D eigenvalue weighted by molar-refractivity contribution is 0.112. The van der Waals surface area contributed by atoms with Gasteiger partial charge in [0.1, 0.15) is 5.82 Å². The lowest BCUT2D eigenvalue weighted by Gasteiger charge is -2.23. The van der Waals surface area contributed by atoms with E-state index >= 15 is 0 Å². The predicted molar refractivity (Wildman–Crippen MR) is 99.2 cm³/mol. The Labute approximate surface area is 147 Å². The second-order valence-electron chi connectivity index (χ2n) is 7.06. The van der Waals surface area contributed by atoms with Crippen LogP contribution in [0.4, 0.5) is 4.39 Å². The van der Waals surface area contributed by atoms with Gasteiger partial charge in [-0.15, -0.1) is 0 Å². The van der Waals surface area contributed by atoms with Crippen molar-refractivity contribution in [2.45, 2.75) is 26.2 Å². The highest BCUT2D eigenvalue weighted by Gasteiger charge is 2.24. The Kier molecular flexibility index (Phi) is 4.49. The number of aldehydes is 1. The van der Waals surface area contributed by atoms with E-state index in [1.807, 2.05) is 57.2 Å². The number of rotatable bonds is 3. The minimum atomic E-state index is -0.301. The third-order valence-corrected chi connectivity index (χ3v) is 4.11. The normalized spacial score (nSPS) is 11.4. The average Bonchev–Trinajstić information content (AvgIpc) is 2.61. The first-order valence-corrected chi connectivity index (χ1v) is 8.22. The van der Waals surface area contributed by atoms with Gasteiger partial charge in [-0.3, -0.25) is 9.78 Å². The molecule has 0 fully saturated rings. The lowest BCUT2D eigenvalue weighted by Crippen LogP contribution is -2.18. The molecule has 0 saturated carbocycles. The fourth-order valence-electron chi connectivity index (χ4n) is 2.87. The summed E-state index contributed by atoms with van der Waals surface area (Å²) in [5, 5.41) is 0. The van der Waals surface area contributed by atoms with Crippen molar-refractivity contribution in [1.82, 2.24) is 4.98 Å². The summed E-state index contributed by atoms with van der Waals surface area (Å²) >= 11 is 0. The molecule has 2 aromatic carbocycles. The van der Waals surface area contributed by atoms with Crippen LogP contribution in [-0.2, 0) is 5.41 Å². The molecule has 0 unspecified atom stereocenters. The van der Waals surface area contributed by atoms with Crippen LogP contribution in [0.3, 0.4) is 0 Å². The second kappa shape index (κ2) is 6.60. The molecule has 1 heterocycles. The van der Waals surface area contributed by atoms with E-state index in [9.17, 15) is 9.18 Å². The molecule has 3 aromatic rings. The van der Waals surface area contributed by atoms with Crippen molar-refractivity contribution in [2.75, 3.05) is 0 Å². The zero-order valence-corrected chi connectivity index (χ0v) is 14.6. The van der Waals surface area contributed by atoms with E-state index in [1.54, 1.807) is 12.1 Å².